The van der Waals surface area contributed by atoms with E-state index in [1.54, 1.807) is 18.2 Å². The van der Waals surface area contributed by atoms with Crippen LogP contribution in [0, 0.1) is 12.7 Å². The number of aromatic nitrogens is 1. The fourth-order valence-corrected chi connectivity index (χ4v) is 2.80. The van der Waals surface area contributed by atoms with Crippen molar-refractivity contribution in [3.8, 4) is 0 Å². The molecule has 1 aromatic heterocycles. The lowest BCUT2D eigenvalue weighted by molar-refractivity contribution is -0.121. The lowest BCUT2D eigenvalue weighted by atomic mass is 10.1. The summed E-state index contributed by atoms with van der Waals surface area (Å²) in [7, 11) is 0. The molecule has 0 aliphatic rings. The van der Waals surface area contributed by atoms with Crippen molar-refractivity contribution in [3.05, 3.63) is 71.7 Å². The predicted molar refractivity (Wildman–Crippen MR) is 89.8 cm³/mol. The van der Waals surface area contributed by atoms with E-state index < -0.39 is 0 Å². The third-order valence-electron chi connectivity index (χ3n) is 3.99. The van der Waals surface area contributed by atoms with Crippen molar-refractivity contribution in [2.45, 2.75) is 19.9 Å². The molecule has 0 saturated carbocycles. The first-order chi connectivity index (χ1) is 11.1. The first-order valence-corrected chi connectivity index (χ1v) is 7.70. The first-order valence-electron chi connectivity index (χ1n) is 7.70. The summed E-state index contributed by atoms with van der Waals surface area (Å²) in [6.45, 7) is 2.70. The number of halogens is 1. The molecule has 1 N–H and O–H groups in total. The van der Waals surface area contributed by atoms with Gasteiger partial charge in [-0.2, -0.15) is 0 Å². The van der Waals surface area contributed by atoms with Crippen LogP contribution in [0.4, 0.5) is 4.39 Å². The van der Waals surface area contributed by atoms with Crippen molar-refractivity contribution in [1.29, 1.82) is 0 Å². The highest BCUT2D eigenvalue weighted by molar-refractivity contribution is 5.84. The number of carbonyl (C=O) groups is 1. The average Bonchev–Trinajstić information content (AvgIpc) is 2.85. The zero-order valence-corrected chi connectivity index (χ0v) is 13.1. The van der Waals surface area contributed by atoms with Gasteiger partial charge in [-0.25, -0.2) is 4.39 Å². The predicted octanol–water partition coefficient (Wildman–Crippen LogP) is 3.45. The maximum atomic E-state index is 13.5. The van der Waals surface area contributed by atoms with E-state index in [2.05, 4.69) is 11.4 Å². The van der Waals surface area contributed by atoms with Crippen molar-refractivity contribution in [2.24, 2.45) is 0 Å². The molecule has 0 bridgehead atoms. The number of nitrogens with one attached hydrogen (secondary N) is 1. The normalized spacial score (nSPS) is 10.9. The molecular weight excluding hydrogens is 291 g/mol. The van der Waals surface area contributed by atoms with Crippen LogP contribution in [0.3, 0.4) is 0 Å². The van der Waals surface area contributed by atoms with Gasteiger partial charge in [-0.15, -0.1) is 0 Å². The summed E-state index contributed by atoms with van der Waals surface area (Å²) >= 11 is 0. The van der Waals surface area contributed by atoms with E-state index in [-0.39, 0.29) is 18.3 Å². The minimum Gasteiger partial charge on any atom is -0.354 e. The van der Waals surface area contributed by atoms with Gasteiger partial charge in [0.2, 0.25) is 5.91 Å². The average molecular weight is 310 g/mol. The second-order valence-corrected chi connectivity index (χ2v) is 5.62. The second-order valence-electron chi connectivity index (χ2n) is 5.62. The minimum atomic E-state index is -0.228. The summed E-state index contributed by atoms with van der Waals surface area (Å²) in [6.07, 6.45) is 0.490. The molecule has 1 heterocycles. The third kappa shape index (κ3) is 3.42. The van der Waals surface area contributed by atoms with Gasteiger partial charge in [0.05, 0.1) is 0 Å². The highest BCUT2D eigenvalue weighted by atomic mass is 19.1. The Labute approximate surface area is 134 Å². The number of para-hydroxylation sites is 1. The monoisotopic (exact) mass is 310 g/mol. The summed E-state index contributed by atoms with van der Waals surface area (Å²) in [5, 5.41) is 3.99. The topological polar surface area (TPSA) is 34.0 Å². The molecule has 4 heteroatoms. The molecule has 0 radical (unpaired) electrons. The third-order valence-corrected chi connectivity index (χ3v) is 3.99. The summed E-state index contributed by atoms with van der Waals surface area (Å²) in [5.41, 5.74) is 2.72. The molecule has 0 fully saturated rings. The smallest absolute Gasteiger partial charge is 0.239 e. The summed E-state index contributed by atoms with van der Waals surface area (Å²) in [4.78, 5) is 12.2. The van der Waals surface area contributed by atoms with Crippen molar-refractivity contribution >= 4 is 16.8 Å². The number of amides is 1. The van der Waals surface area contributed by atoms with E-state index in [4.69, 9.17) is 0 Å². The van der Waals surface area contributed by atoms with Crippen molar-refractivity contribution in [2.75, 3.05) is 6.54 Å². The van der Waals surface area contributed by atoms with Gasteiger partial charge in [0.25, 0.3) is 0 Å². The highest BCUT2D eigenvalue weighted by Gasteiger charge is 2.09. The van der Waals surface area contributed by atoms with Crippen molar-refractivity contribution in [1.82, 2.24) is 9.88 Å². The highest BCUT2D eigenvalue weighted by Crippen LogP contribution is 2.18. The van der Waals surface area contributed by atoms with Gasteiger partial charge in [-0.05, 0) is 42.5 Å². The minimum absolute atomic E-state index is 0.0641. The molecule has 0 aliphatic heterocycles. The van der Waals surface area contributed by atoms with E-state index in [1.807, 2.05) is 35.8 Å². The van der Waals surface area contributed by atoms with Gasteiger partial charge in [0.15, 0.2) is 0 Å². The van der Waals surface area contributed by atoms with Gasteiger partial charge < -0.3 is 9.88 Å². The number of fused-ring (bicyclic) bond motifs is 1. The molecule has 2 aromatic carbocycles. The molecule has 3 rings (SSSR count). The van der Waals surface area contributed by atoms with Gasteiger partial charge in [-0.1, -0.05) is 36.4 Å². The molecule has 0 aliphatic carbocycles. The zero-order valence-electron chi connectivity index (χ0n) is 13.1. The number of rotatable bonds is 5. The molecule has 1 amide bonds. The van der Waals surface area contributed by atoms with Gasteiger partial charge in [0, 0.05) is 17.8 Å². The van der Waals surface area contributed by atoms with Crippen LogP contribution in [-0.2, 0) is 17.8 Å². The lowest BCUT2D eigenvalue weighted by Crippen LogP contribution is -2.29. The van der Waals surface area contributed by atoms with E-state index in [9.17, 15) is 9.18 Å². The number of benzene rings is 2. The molecule has 3 nitrogen and oxygen atoms in total. The summed E-state index contributed by atoms with van der Waals surface area (Å²) in [5.74, 6) is -0.292. The second kappa shape index (κ2) is 6.65. The summed E-state index contributed by atoms with van der Waals surface area (Å²) in [6, 6.07) is 16.7. The Morgan fingerprint density at radius 2 is 1.87 bits per heavy atom. The van der Waals surface area contributed by atoms with Gasteiger partial charge in [0.1, 0.15) is 12.4 Å². The van der Waals surface area contributed by atoms with Crippen LogP contribution in [0.15, 0.2) is 54.6 Å². The molecule has 0 saturated heterocycles. The summed E-state index contributed by atoms with van der Waals surface area (Å²) < 4.78 is 15.5. The quantitative estimate of drug-likeness (QED) is 0.769. The Kier molecular flexibility index (Phi) is 4.42. The molecule has 3 aromatic rings. The van der Waals surface area contributed by atoms with Crippen LogP contribution in [-0.4, -0.2) is 17.0 Å². The number of carbonyl (C=O) groups excluding carboxylic acids is 1. The molecule has 0 atom stereocenters. The van der Waals surface area contributed by atoms with E-state index in [0.717, 1.165) is 16.6 Å². The van der Waals surface area contributed by atoms with Crippen molar-refractivity contribution in [3.63, 3.8) is 0 Å². The number of hydrogen-bond acceptors (Lipinski definition) is 1. The van der Waals surface area contributed by atoms with Crippen LogP contribution < -0.4 is 5.32 Å². The largest absolute Gasteiger partial charge is 0.354 e. The van der Waals surface area contributed by atoms with Gasteiger partial charge in [-0.3, -0.25) is 4.79 Å². The van der Waals surface area contributed by atoms with E-state index in [0.29, 0.717) is 18.5 Å². The molecule has 0 unspecified atom stereocenters. The number of aryl methyl sites for hydroxylation is 1. The first kappa shape index (κ1) is 15.3. The molecule has 0 spiro atoms. The Morgan fingerprint density at radius 3 is 2.70 bits per heavy atom. The van der Waals surface area contributed by atoms with Crippen LogP contribution in [0.1, 0.15) is 11.3 Å². The Bertz CT molecular complexity index is 838. The van der Waals surface area contributed by atoms with Crippen LogP contribution >= 0.6 is 0 Å². The van der Waals surface area contributed by atoms with Crippen LogP contribution in [0.5, 0.6) is 0 Å². The van der Waals surface area contributed by atoms with Crippen molar-refractivity contribution < 1.29 is 9.18 Å². The van der Waals surface area contributed by atoms with Gasteiger partial charge >= 0.3 is 0 Å². The standard InChI is InChI=1S/C19H19FN2O/c1-14-12-16-7-3-5-9-18(16)22(14)13-19(23)21-11-10-15-6-2-4-8-17(15)20/h2-9,12H,10-11,13H2,1H3,(H,21,23). The fraction of sp³-hybridized carbons (Fsp3) is 0.211. The fourth-order valence-electron chi connectivity index (χ4n) is 2.80. The molecular formula is C19H19FN2O. The maximum Gasteiger partial charge on any atom is 0.239 e. The molecule has 23 heavy (non-hydrogen) atoms. The van der Waals surface area contributed by atoms with E-state index >= 15 is 0 Å². The zero-order chi connectivity index (χ0) is 16.2. The SMILES string of the molecule is Cc1cc2ccccc2n1CC(=O)NCCc1ccccc1F. The van der Waals surface area contributed by atoms with Crippen LogP contribution in [0.25, 0.3) is 10.9 Å². The Morgan fingerprint density at radius 1 is 1.13 bits per heavy atom. The number of nitrogens with zero attached hydrogens (tertiary/aromatic N) is 1. The molecule has 118 valence electrons. The lowest BCUT2D eigenvalue weighted by Gasteiger charge is -2.09. The number of hydrogen-bond donors (Lipinski definition) is 1. The Hall–Kier alpha value is -2.62. The Balaban J connectivity index is 1.61. The van der Waals surface area contributed by atoms with Crippen LogP contribution in [0.2, 0.25) is 0 Å². The van der Waals surface area contributed by atoms with E-state index in [1.165, 1.54) is 6.07 Å². The maximum absolute atomic E-state index is 13.5.